The molecule has 0 aromatic rings. The lowest BCUT2D eigenvalue weighted by Gasteiger charge is -2.29. The van der Waals surface area contributed by atoms with Crippen molar-refractivity contribution in [2.45, 2.75) is 129 Å². The third kappa shape index (κ3) is 24.6. The van der Waals surface area contributed by atoms with Crippen molar-refractivity contribution in [3.63, 3.8) is 0 Å². The van der Waals surface area contributed by atoms with Crippen molar-refractivity contribution in [1.29, 1.82) is 0 Å². The monoisotopic (exact) mass is 435 g/mol. The molecule has 0 saturated carbocycles. The smallest absolute Gasteiger partial charge is 0.125 e. The molecule has 0 atom stereocenters. The number of quaternary nitrogens is 1. The molecule has 0 N–H and O–H groups in total. The number of thioether (sulfide) groups is 1. The quantitative estimate of drug-likeness (QED) is 0.117. The molecule has 0 bridgehead atoms. The van der Waals surface area contributed by atoms with E-state index in [1.165, 1.54) is 138 Å². The van der Waals surface area contributed by atoms with Crippen LogP contribution in [0.4, 0.5) is 0 Å². The first kappa shape index (κ1) is 30.8. The number of hydrogen-bond donors (Lipinski definition) is 0. The molecule has 0 rings (SSSR count). The Kier molecular flexibility index (Phi) is 26.3. The van der Waals surface area contributed by atoms with Gasteiger partial charge in [0, 0.05) is 0 Å². The zero-order valence-electron chi connectivity index (χ0n) is 20.1. The maximum absolute atomic E-state index is 2.42. The van der Waals surface area contributed by atoms with Crippen molar-refractivity contribution in [1.82, 2.24) is 0 Å². The summed E-state index contributed by atoms with van der Waals surface area (Å²) >= 11 is 2.19. The highest BCUT2D eigenvalue weighted by atomic mass is 35.5. The molecule has 0 aliphatic carbocycles. The van der Waals surface area contributed by atoms with Crippen LogP contribution in [0, 0.1) is 0 Å². The van der Waals surface area contributed by atoms with E-state index in [1.54, 1.807) is 0 Å². The van der Waals surface area contributed by atoms with E-state index in [4.69, 9.17) is 0 Å². The maximum atomic E-state index is 2.42. The average Bonchev–Trinajstić information content (AvgIpc) is 2.64. The SMILES string of the molecule is CCCCCCCCCCCCSC[N+](C)(C)CCCCCCCCCC.[Cl-]. The molecule has 0 saturated heterocycles. The summed E-state index contributed by atoms with van der Waals surface area (Å²) in [7, 11) is 4.85. The molecule has 1 nitrogen and oxygen atoms in total. The fourth-order valence-corrected chi connectivity index (χ4v) is 4.90. The van der Waals surface area contributed by atoms with Crippen molar-refractivity contribution < 1.29 is 16.9 Å². The fraction of sp³-hybridized carbons (Fsp3) is 1.00. The van der Waals surface area contributed by atoms with Gasteiger partial charge < -0.3 is 16.9 Å². The van der Waals surface area contributed by atoms with E-state index in [1.807, 2.05) is 0 Å². The third-order valence-electron chi connectivity index (χ3n) is 5.70. The molecule has 172 valence electrons. The van der Waals surface area contributed by atoms with E-state index in [0.717, 1.165) is 0 Å². The first-order valence-corrected chi connectivity index (χ1v) is 13.7. The van der Waals surface area contributed by atoms with Gasteiger partial charge in [0.2, 0.25) is 0 Å². The van der Waals surface area contributed by atoms with Crippen LogP contribution in [0.5, 0.6) is 0 Å². The van der Waals surface area contributed by atoms with E-state index < -0.39 is 0 Å². The average molecular weight is 436 g/mol. The predicted octanol–water partition coefficient (Wildman–Crippen LogP) is 5.82. The van der Waals surface area contributed by atoms with Crippen LogP contribution in [0.3, 0.4) is 0 Å². The summed E-state index contributed by atoms with van der Waals surface area (Å²) in [6.07, 6.45) is 26.0. The molecule has 0 amide bonds. The zero-order chi connectivity index (χ0) is 20.1. The summed E-state index contributed by atoms with van der Waals surface area (Å²) in [5.74, 6) is 2.67. The summed E-state index contributed by atoms with van der Waals surface area (Å²) in [5, 5.41) is 0. The van der Waals surface area contributed by atoms with Crippen LogP contribution in [-0.2, 0) is 0 Å². The largest absolute Gasteiger partial charge is 1.00 e. The predicted molar refractivity (Wildman–Crippen MR) is 129 cm³/mol. The molecule has 0 aromatic carbocycles. The van der Waals surface area contributed by atoms with Gasteiger partial charge in [0.05, 0.1) is 20.6 Å². The second kappa shape index (κ2) is 23.9. The number of nitrogens with zero attached hydrogens (tertiary/aromatic N) is 1. The summed E-state index contributed by atoms with van der Waals surface area (Å²) < 4.78 is 1.21. The Morgan fingerprint density at radius 3 is 1.29 bits per heavy atom. The second-order valence-electron chi connectivity index (χ2n) is 9.35. The fourth-order valence-electron chi connectivity index (χ4n) is 3.74. The Labute approximate surface area is 190 Å². The van der Waals surface area contributed by atoms with E-state index in [-0.39, 0.29) is 12.4 Å². The number of rotatable bonds is 22. The van der Waals surface area contributed by atoms with E-state index in [2.05, 4.69) is 39.7 Å². The minimum absolute atomic E-state index is 0. The van der Waals surface area contributed by atoms with Gasteiger partial charge in [0.15, 0.2) is 0 Å². The minimum atomic E-state index is 0. The molecule has 3 heteroatoms. The van der Waals surface area contributed by atoms with E-state index >= 15 is 0 Å². The number of halogens is 1. The van der Waals surface area contributed by atoms with Crippen LogP contribution in [0.25, 0.3) is 0 Å². The highest BCUT2D eigenvalue weighted by molar-refractivity contribution is 7.99. The van der Waals surface area contributed by atoms with Gasteiger partial charge in [0.1, 0.15) is 5.88 Å². The van der Waals surface area contributed by atoms with Crippen molar-refractivity contribution in [3.8, 4) is 0 Å². The second-order valence-corrected chi connectivity index (χ2v) is 10.4. The van der Waals surface area contributed by atoms with Crippen molar-refractivity contribution in [2.75, 3.05) is 32.3 Å². The molecule has 0 unspecified atom stereocenters. The summed E-state index contributed by atoms with van der Waals surface area (Å²) in [4.78, 5) is 0. The number of hydrogen-bond acceptors (Lipinski definition) is 1. The molecule has 28 heavy (non-hydrogen) atoms. The van der Waals surface area contributed by atoms with Crippen LogP contribution >= 0.6 is 11.8 Å². The van der Waals surface area contributed by atoms with Crippen LogP contribution in [-0.4, -0.2) is 36.8 Å². The van der Waals surface area contributed by atoms with Crippen LogP contribution in [0.2, 0.25) is 0 Å². The first-order valence-electron chi connectivity index (χ1n) is 12.5. The Morgan fingerprint density at radius 2 is 0.857 bits per heavy atom. The van der Waals surface area contributed by atoms with Crippen LogP contribution in [0.15, 0.2) is 0 Å². The lowest BCUT2D eigenvalue weighted by Crippen LogP contribution is -3.00. The van der Waals surface area contributed by atoms with Gasteiger partial charge in [-0.3, -0.25) is 0 Å². The molecule has 0 radical (unpaired) electrons. The summed E-state index contributed by atoms with van der Waals surface area (Å²) in [5.41, 5.74) is 0. The summed E-state index contributed by atoms with van der Waals surface area (Å²) in [6, 6.07) is 0. The maximum Gasteiger partial charge on any atom is 0.125 e. The standard InChI is InChI=1S/C25H54NS.ClH/c1-5-7-9-11-13-15-16-18-20-22-24-27-25-26(3,4)23-21-19-17-14-12-10-8-6-2;/h5-25H2,1-4H3;1H/q+1;/p-1. The van der Waals surface area contributed by atoms with Crippen molar-refractivity contribution >= 4 is 11.8 Å². The lowest BCUT2D eigenvalue weighted by molar-refractivity contribution is -0.877. The van der Waals surface area contributed by atoms with E-state index in [0.29, 0.717) is 0 Å². The molecule has 0 aliphatic rings. The Bertz CT molecular complexity index is 284. The molecular formula is C25H54ClNS. The van der Waals surface area contributed by atoms with Crippen molar-refractivity contribution in [2.24, 2.45) is 0 Å². The highest BCUT2D eigenvalue weighted by Gasteiger charge is 2.13. The molecule has 0 spiro atoms. The van der Waals surface area contributed by atoms with Crippen molar-refractivity contribution in [3.05, 3.63) is 0 Å². The van der Waals surface area contributed by atoms with Crippen LogP contribution < -0.4 is 12.4 Å². The normalized spacial score (nSPS) is 11.6. The van der Waals surface area contributed by atoms with Gasteiger partial charge in [0.25, 0.3) is 0 Å². The topological polar surface area (TPSA) is 0 Å². The van der Waals surface area contributed by atoms with Gasteiger partial charge in [-0.05, 0) is 25.0 Å². The van der Waals surface area contributed by atoms with Gasteiger partial charge in [-0.1, -0.05) is 110 Å². The van der Waals surface area contributed by atoms with Gasteiger partial charge in [-0.25, -0.2) is 0 Å². The Balaban J connectivity index is 0. The zero-order valence-corrected chi connectivity index (χ0v) is 21.7. The van der Waals surface area contributed by atoms with Gasteiger partial charge >= 0.3 is 0 Å². The number of unbranched alkanes of at least 4 members (excludes halogenated alkanes) is 16. The minimum Gasteiger partial charge on any atom is -1.00 e. The third-order valence-corrected chi connectivity index (χ3v) is 7.16. The highest BCUT2D eigenvalue weighted by Crippen LogP contribution is 2.16. The molecular weight excluding hydrogens is 382 g/mol. The lowest BCUT2D eigenvalue weighted by atomic mass is 10.1. The Morgan fingerprint density at radius 1 is 0.500 bits per heavy atom. The molecule has 0 heterocycles. The van der Waals surface area contributed by atoms with E-state index in [9.17, 15) is 0 Å². The molecule has 0 fully saturated rings. The molecule has 0 aliphatic heterocycles. The Hall–Kier alpha value is 0.600. The van der Waals surface area contributed by atoms with Gasteiger partial charge in [-0.2, -0.15) is 0 Å². The first-order chi connectivity index (χ1) is 13.1. The van der Waals surface area contributed by atoms with Gasteiger partial charge in [-0.15, -0.1) is 11.8 Å². The molecule has 0 aromatic heterocycles. The van der Waals surface area contributed by atoms with Crippen LogP contribution in [0.1, 0.15) is 129 Å². The summed E-state index contributed by atoms with van der Waals surface area (Å²) in [6.45, 7) is 5.96.